The lowest BCUT2D eigenvalue weighted by Crippen LogP contribution is -2.33. The number of methoxy groups -OCH3 is 1. The van der Waals surface area contributed by atoms with E-state index in [0.29, 0.717) is 11.8 Å². The second-order valence-electron chi connectivity index (χ2n) is 8.03. The third-order valence-corrected chi connectivity index (χ3v) is 5.16. The third kappa shape index (κ3) is 6.00. The van der Waals surface area contributed by atoms with Crippen LogP contribution in [-0.2, 0) is 12.6 Å². The van der Waals surface area contributed by atoms with Gasteiger partial charge in [0.15, 0.2) is 0 Å². The number of carbonyl (C=O) groups excluding carboxylic acids is 1. The second kappa shape index (κ2) is 10.1. The zero-order chi connectivity index (χ0) is 25.0. The van der Waals surface area contributed by atoms with E-state index in [0.717, 1.165) is 23.8 Å². The number of halogens is 4. The highest BCUT2D eigenvalue weighted by molar-refractivity contribution is 5.92. The zero-order valence-corrected chi connectivity index (χ0v) is 18.7. The van der Waals surface area contributed by atoms with Crippen LogP contribution in [0.1, 0.15) is 52.9 Å². The quantitative estimate of drug-likeness (QED) is 0.485. The van der Waals surface area contributed by atoms with E-state index in [-0.39, 0.29) is 29.4 Å². The number of rotatable bonds is 7. The van der Waals surface area contributed by atoms with Gasteiger partial charge in [-0.3, -0.25) is 9.59 Å². The molecule has 0 bridgehead atoms. The molecule has 2 aromatic carbocycles. The van der Waals surface area contributed by atoms with Crippen molar-refractivity contribution in [1.29, 1.82) is 0 Å². The van der Waals surface area contributed by atoms with E-state index in [4.69, 9.17) is 4.74 Å². The molecule has 0 unspecified atom stereocenters. The van der Waals surface area contributed by atoms with Gasteiger partial charge in [0, 0.05) is 12.5 Å². The molecule has 1 heterocycles. The van der Waals surface area contributed by atoms with Gasteiger partial charge in [-0.15, -0.1) is 0 Å². The van der Waals surface area contributed by atoms with Gasteiger partial charge in [-0.2, -0.15) is 13.2 Å². The number of hydrogen-bond donors (Lipinski definition) is 2. The smallest absolute Gasteiger partial charge is 0.419 e. The van der Waals surface area contributed by atoms with Crippen LogP contribution in [0.15, 0.2) is 53.3 Å². The fourth-order valence-electron chi connectivity index (χ4n) is 3.45. The van der Waals surface area contributed by atoms with Crippen LogP contribution in [0.3, 0.4) is 0 Å². The van der Waals surface area contributed by atoms with E-state index >= 15 is 0 Å². The van der Waals surface area contributed by atoms with Crippen molar-refractivity contribution in [2.24, 2.45) is 5.92 Å². The van der Waals surface area contributed by atoms with E-state index < -0.39 is 35.1 Å². The summed E-state index contributed by atoms with van der Waals surface area (Å²) in [5.74, 6) is -1.51. The van der Waals surface area contributed by atoms with Gasteiger partial charge in [0.2, 0.25) is 0 Å². The molecule has 0 fully saturated rings. The maximum atomic E-state index is 14.1. The second-order valence-corrected chi connectivity index (χ2v) is 8.03. The topological polar surface area (TPSA) is 84.1 Å². The Balaban J connectivity index is 1.83. The molecule has 0 saturated carbocycles. The summed E-state index contributed by atoms with van der Waals surface area (Å²) in [6, 6.07) is 9.82. The maximum Gasteiger partial charge on any atom is 0.419 e. The van der Waals surface area contributed by atoms with Gasteiger partial charge in [0.05, 0.1) is 18.7 Å². The highest BCUT2D eigenvalue weighted by Crippen LogP contribution is 2.33. The number of aromatic amines is 1. The first-order chi connectivity index (χ1) is 16.0. The molecule has 1 aromatic heterocycles. The molecular formula is C24H23F4N3O3. The molecule has 10 heteroatoms. The molecule has 6 nitrogen and oxygen atoms in total. The van der Waals surface area contributed by atoms with Crippen molar-refractivity contribution in [1.82, 2.24) is 15.3 Å². The predicted octanol–water partition coefficient (Wildman–Crippen LogP) is 4.65. The number of alkyl halides is 3. The number of ether oxygens (including phenoxy) is 1. The molecule has 0 saturated heterocycles. The molecular weight excluding hydrogens is 454 g/mol. The molecule has 34 heavy (non-hydrogen) atoms. The number of nitrogens with one attached hydrogen (secondary N) is 2. The monoisotopic (exact) mass is 477 g/mol. The van der Waals surface area contributed by atoms with Crippen LogP contribution in [0.2, 0.25) is 0 Å². The standard InChI is InChI=1S/C24H23F4N3O3/c1-13(2)22(15-6-9-17(18(25)11-15)24(26,27)28)31-23(33)19-12-21(32)30-20(29-19)10-14-4-7-16(34-3)8-5-14/h4-9,11-13,22H,10H2,1-3H3,(H,31,33)(H,29,30,32)/t22-/m1/s1. The zero-order valence-electron chi connectivity index (χ0n) is 18.7. The fraction of sp³-hybridized carbons (Fsp3) is 0.292. The number of H-pyrrole nitrogens is 1. The summed E-state index contributed by atoms with van der Waals surface area (Å²) in [7, 11) is 1.54. The molecule has 3 aromatic rings. The Bertz CT molecular complexity index is 1220. The summed E-state index contributed by atoms with van der Waals surface area (Å²) in [6.45, 7) is 3.45. The van der Waals surface area contributed by atoms with E-state index in [2.05, 4.69) is 15.3 Å². The van der Waals surface area contributed by atoms with Crippen LogP contribution in [0.25, 0.3) is 0 Å². The van der Waals surface area contributed by atoms with Gasteiger partial charge in [-0.05, 0) is 41.3 Å². The van der Waals surface area contributed by atoms with Crippen molar-refractivity contribution >= 4 is 5.91 Å². The Morgan fingerprint density at radius 1 is 1.12 bits per heavy atom. The molecule has 2 N–H and O–H groups in total. The van der Waals surface area contributed by atoms with E-state index in [9.17, 15) is 27.2 Å². The largest absolute Gasteiger partial charge is 0.497 e. The number of hydrogen-bond acceptors (Lipinski definition) is 4. The molecule has 180 valence electrons. The Morgan fingerprint density at radius 3 is 2.35 bits per heavy atom. The molecule has 0 spiro atoms. The van der Waals surface area contributed by atoms with Crippen molar-refractivity contribution < 1.29 is 27.1 Å². The Labute approximate surface area is 193 Å². The van der Waals surface area contributed by atoms with Gasteiger partial charge < -0.3 is 15.0 Å². The first-order valence-corrected chi connectivity index (χ1v) is 10.4. The fourth-order valence-corrected chi connectivity index (χ4v) is 3.45. The van der Waals surface area contributed by atoms with Crippen molar-refractivity contribution in [2.45, 2.75) is 32.5 Å². The lowest BCUT2D eigenvalue weighted by atomic mass is 9.94. The number of carbonyl (C=O) groups is 1. The van der Waals surface area contributed by atoms with Crippen LogP contribution in [0.4, 0.5) is 17.6 Å². The predicted molar refractivity (Wildman–Crippen MR) is 117 cm³/mol. The third-order valence-electron chi connectivity index (χ3n) is 5.16. The molecule has 0 radical (unpaired) electrons. The van der Waals surface area contributed by atoms with Crippen molar-refractivity contribution in [3.05, 3.63) is 92.9 Å². The van der Waals surface area contributed by atoms with Gasteiger partial charge in [-0.25, -0.2) is 9.37 Å². The summed E-state index contributed by atoms with van der Waals surface area (Å²) in [5.41, 5.74) is -1.10. The molecule has 0 aliphatic rings. The van der Waals surface area contributed by atoms with Crippen molar-refractivity contribution in [2.75, 3.05) is 7.11 Å². The van der Waals surface area contributed by atoms with E-state index in [1.807, 2.05) is 0 Å². The summed E-state index contributed by atoms with van der Waals surface area (Å²) in [6.07, 6.45) is -4.58. The Kier molecular flexibility index (Phi) is 7.38. The van der Waals surface area contributed by atoms with E-state index in [1.54, 1.807) is 45.2 Å². The maximum absolute atomic E-state index is 14.1. The summed E-state index contributed by atoms with van der Waals surface area (Å²) >= 11 is 0. The minimum atomic E-state index is -4.82. The first-order valence-electron chi connectivity index (χ1n) is 10.4. The summed E-state index contributed by atoms with van der Waals surface area (Å²) in [5, 5.41) is 2.65. The van der Waals surface area contributed by atoms with Crippen LogP contribution in [-0.4, -0.2) is 23.0 Å². The number of amides is 1. The van der Waals surface area contributed by atoms with Crippen LogP contribution < -0.4 is 15.6 Å². The number of nitrogens with zero attached hydrogens (tertiary/aromatic N) is 1. The van der Waals surface area contributed by atoms with Gasteiger partial charge in [0.25, 0.3) is 11.5 Å². The average Bonchev–Trinajstić information content (AvgIpc) is 2.76. The number of aromatic nitrogens is 2. The minimum Gasteiger partial charge on any atom is -0.497 e. The van der Waals surface area contributed by atoms with Gasteiger partial charge in [0.1, 0.15) is 23.1 Å². The molecule has 1 amide bonds. The Hall–Kier alpha value is -3.69. The SMILES string of the molecule is COc1ccc(Cc2nc(C(=O)N[C@@H](c3ccc(C(F)(F)F)c(F)c3)C(C)C)cc(=O)[nH]2)cc1. The van der Waals surface area contributed by atoms with Gasteiger partial charge in [-0.1, -0.05) is 32.0 Å². The van der Waals surface area contributed by atoms with Crippen LogP contribution in [0.5, 0.6) is 5.75 Å². The molecule has 0 aliphatic heterocycles. The molecule has 0 aliphatic carbocycles. The lowest BCUT2D eigenvalue weighted by molar-refractivity contribution is -0.140. The van der Waals surface area contributed by atoms with E-state index in [1.165, 1.54) is 0 Å². The molecule has 1 atom stereocenters. The first kappa shape index (κ1) is 24.9. The highest BCUT2D eigenvalue weighted by atomic mass is 19.4. The molecule has 3 rings (SSSR count). The van der Waals surface area contributed by atoms with Crippen LogP contribution >= 0.6 is 0 Å². The van der Waals surface area contributed by atoms with Crippen molar-refractivity contribution in [3.8, 4) is 5.75 Å². The van der Waals surface area contributed by atoms with Gasteiger partial charge >= 0.3 is 6.18 Å². The average molecular weight is 477 g/mol. The van der Waals surface area contributed by atoms with Crippen molar-refractivity contribution in [3.63, 3.8) is 0 Å². The highest BCUT2D eigenvalue weighted by Gasteiger charge is 2.34. The minimum absolute atomic E-state index is 0.162. The normalized spacial score (nSPS) is 12.5. The lowest BCUT2D eigenvalue weighted by Gasteiger charge is -2.23. The Morgan fingerprint density at radius 2 is 1.79 bits per heavy atom. The summed E-state index contributed by atoms with van der Waals surface area (Å²) in [4.78, 5) is 31.8. The van der Waals surface area contributed by atoms with Crippen LogP contribution in [0, 0.1) is 11.7 Å². The number of benzene rings is 2. The summed E-state index contributed by atoms with van der Waals surface area (Å²) < 4.78 is 57.9.